The summed E-state index contributed by atoms with van der Waals surface area (Å²) in [6.45, 7) is 6.21. The van der Waals surface area contributed by atoms with E-state index in [9.17, 15) is 4.79 Å². The van der Waals surface area contributed by atoms with Gasteiger partial charge in [-0.15, -0.1) is 0 Å². The van der Waals surface area contributed by atoms with Crippen molar-refractivity contribution >= 4 is 23.4 Å². The number of hydrogen-bond acceptors (Lipinski definition) is 4. The van der Waals surface area contributed by atoms with Crippen molar-refractivity contribution in [3.63, 3.8) is 0 Å². The number of amides is 1. The molecule has 0 fully saturated rings. The van der Waals surface area contributed by atoms with E-state index in [1.165, 1.54) is 0 Å². The number of nitrogens with two attached hydrogens (primary N) is 1. The molecule has 1 aliphatic rings. The van der Waals surface area contributed by atoms with Crippen LogP contribution in [-0.2, 0) is 4.79 Å². The first kappa shape index (κ1) is 16.6. The second kappa shape index (κ2) is 6.73. The highest BCUT2D eigenvalue weighted by atomic mass is 16.5. The van der Waals surface area contributed by atoms with Gasteiger partial charge in [0.05, 0.1) is 12.8 Å². The van der Waals surface area contributed by atoms with Crippen LogP contribution in [0.3, 0.4) is 0 Å². The van der Waals surface area contributed by atoms with E-state index < -0.39 is 0 Å². The first-order valence-corrected chi connectivity index (χ1v) is 7.87. The van der Waals surface area contributed by atoms with E-state index in [1.54, 1.807) is 36.3 Å². The van der Waals surface area contributed by atoms with Gasteiger partial charge in [-0.25, -0.2) is 0 Å². The van der Waals surface area contributed by atoms with Crippen LogP contribution in [0.5, 0.6) is 11.5 Å². The van der Waals surface area contributed by atoms with E-state index >= 15 is 0 Å². The van der Waals surface area contributed by atoms with Crippen LogP contribution in [0.25, 0.3) is 6.08 Å². The normalized spacial score (nSPS) is 14.9. The predicted molar refractivity (Wildman–Crippen MR) is 99.6 cm³/mol. The second-order valence-electron chi connectivity index (χ2n) is 5.96. The zero-order chi connectivity index (χ0) is 18.0. The van der Waals surface area contributed by atoms with E-state index in [4.69, 9.17) is 15.2 Å². The fourth-order valence-electron chi connectivity index (χ4n) is 2.61. The summed E-state index contributed by atoms with van der Waals surface area (Å²) < 4.78 is 11.0. The summed E-state index contributed by atoms with van der Waals surface area (Å²) in [5.74, 6) is 1.33. The van der Waals surface area contributed by atoms with E-state index in [-0.39, 0.29) is 11.7 Å². The van der Waals surface area contributed by atoms with Gasteiger partial charge in [0, 0.05) is 18.3 Å². The molecule has 2 aromatic rings. The summed E-state index contributed by atoms with van der Waals surface area (Å²) in [6, 6.07) is 12.6. The van der Waals surface area contributed by atoms with E-state index in [2.05, 4.69) is 6.58 Å². The maximum absolute atomic E-state index is 12.9. The van der Waals surface area contributed by atoms with Crippen molar-refractivity contribution in [2.75, 3.05) is 24.3 Å². The Morgan fingerprint density at radius 2 is 2.00 bits per heavy atom. The Morgan fingerprint density at radius 1 is 1.28 bits per heavy atom. The molecule has 0 atom stereocenters. The molecule has 0 radical (unpaired) electrons. The Hall–Kier alpha value is -3.21. The lowest BCUT2D eigenvalue weighted by molar-refractivity contribution is -0.117. The van der Waals surface area contributed by atoms with Gasteiger partial charge in [-0.05, 0) is 42.8 Å². The number of benzene rings is 2. The zero-order valence-corrected chi connectivity index (χ0v) is 14.3. The molecule has 5 heteroatoms. The van der Waals surface area contributed by atoms with Gasteiger partial charge >= 0.3 is 0 Å². The van der Waals surface area contributed by atoms with Crippen molar-refractivity contribution in [1.29, 1.82) is 0 Å². The average molecular weight is 336 g/mol. The molecule has 0 aromatic heterocycles. The Kier molecular flexibility index (Phi) is 4.48. The van der Waals surface area contributed by atoms with Crippen molar-refractivity contribution in [2.45, 2.75) is 6.92 Å². The molecule has 1 amide bonds. The van der Waals surface area contributed by atoms with Crippen molar-refractivity contribution < 1.29 is 14.3 Å². The van der Waals surface area contributed by atoms with Crippen LogP contribution in [0.4, 0.5) is 11.4 Å². The molecule has 25 heavy (non-hydrogen) atoms. The Morgan fingerprint density at radius 3 is 2.64 bits per heavy atom. The lowest BCUT2D eigenvalue weighted by atomic mass is 10.1. The molecule has 2 N–H and O–H groups in total. The van der Waals surface area contributed by atoms with Gasteiger partial charge in [-0.2, -0.15) is 0 Å². The third kappa shape index (κ3) is 3.50. The first-order chi connectivity index (χ1) is 12.0. The fraction of sp³-hybridized carbons (Fsp3) is 0.150. The summed E-state index contributed by atoms with van der Waals surface area (Å²) in [6.07, 6.45) is 1.71. The minimum absolute atomic E-state index is 0.212. The maximum atomic E-state index is 12.9. The number of rotatable bonds is 4. The van der Waals surface area contributed by atoms with Crippen LogP contribution < -0.4 is 20.1 Å². The lowest BCUT2D eigenvalue weighted by Crippen LogP contribution is -2.38. The fourth-order valence-corrected chi connectivity index (χ4v) is 2.61. The number of nitrogens with zero attached hydrogens (tertiary/aromatic N) is 1. The molecule has 0 spiro atoms. The molecule has 0 bridgehead atoms. The van der Waals surface area contributed by atoms with Gasteiger partial charge < -0.3 is 15.2 Å². The van der Waals surface area contributed by atoms with Crippen LogP contribution in [-0.4, -0.2) is 19.6 Å². The van der Waals surface area contributed by atoms with Crippen molar-refractivity contribution in [2.24, 2.45) is 0 Å². The highest BCUT2D eigenvalue weighted by Gasteiger charge is 2.30. The highest BCUT2D eigenvalue weighted by molar-refractivity contribution is 6.10. The van der Waals surface area contributed by atoms with E-state index in [0.29, 0.717) is 23.7 Å². The number of carbonyl (C=O) groups is 1. The van der Waals surface area contributed by atoms with Crippen LogP contribution in [0, 0.1) is 0 Å². The van der Waals surface area contributed by atoms with Gasteiger partial charge in [-0.3, -0.25) is 9.69 Å². The largest absolute Gasteiger partial charge is 0.497 e. The smallest absolute Gasteiger partial charge is 0.294 e. The predicted octanol–water partition coefficient (Wildman–Crippen LogP) is 3.62. The van der Waals surface area contributed by atoms with Crippen molar-refractivity contribution in [3.8, 4) is 11.5 Å². The molecule has 2 aromatic carbocycles. The van der Waals surface area contributed by atoms with Gasteiger partial charge in [0.1, 0.15) is 5.75 Å². The summed E-state index contributed by atoms with van der Waals surface area (Å²) in [4.78, 5) is 14.5. The SMILES string of the molecule is C=C(C)CN1C(=O)/C(=C\c2ccc(OC)cc2)Oc2cc(N)ccc21. The number of anilines is 2. The third-order valence-electron chi connectivity index (χ3n) is 3.79. The Bertz CT molecular complexity index is 854. The summed E-state index contributed by atoms with van der Waals surface area (Å²) in [5.41, 5.74) is 8.84. The van der Waals surface area contributed by atoms with Crippen LogP contribution in [0.1, 0.15) is 12.5 Å². The number of carbonyl (C=O) groups excluding carboxylic acids is 1. The van der Waals surface area contributed by atoms with Gasteiger partial charge in [0.15, 0.2) is 11.5 Å². The highest BCUT2D eigenvalue weighted by Crippen LogP contribution is 2.37. The van der Waals surface area contributed by atoms with Crippen LogP contribution in [0.2, 0.25) is 0 Å². The molecular formula is C20H20N2O3. The van der Waals surface area contributed by atoms with E-state index in [1.807, 2.05) is 31.2 Å². The van der Waals surface area contributed by atoms with Crippen molar-refractivity contribution in [3.05, 3.63) is 65.9 Å². The molecule has 128 valence electrons. The summed E-state index contributed by atoms with van der Waals surface area (Å²) >= 11 is 0. The topological polar surface area (TPSA) is 64.8 Å². The second-order valence-corrected chi connectivity index (χ2v) is 5.96. The molecule has 1 heterocycles. The summed E-state index contributed by atoms with van der Waals surface area (Å²) in [5, 5.41) is 0. The first-order valence-electron chi connectivity index (χ1n) is 7.87. The molecule has 3 rings (SSSR count). The number of nitrogen functional groups attached to an aromatic ring is 1. The third-order valence-corrected chi connectivity index (χ3v) is 3.79. The average Bonchev–Trinajstić information content (AvgIpc) is 2.59. The zero-order valence-electron chi connectivity index (χ0n) is 14.3. The van der Waals surface area contributed by atoms with Gasteiger partial charge in [0.2, 0.25) is 0 Å². The van der Waals surface area contributed by atoms with Gasteiger partial charge in [0.25, 0.3) is 5.91 Å². The molecule has 1 aliphatic heterocycles. The standard InChI is InChI=1S/C20H20N2O3/c1-13(2)12-22-17-9-6-15(21)11-18(17)25-19(20(22)23)10-14-4-7-16(24-3)8-5-14/h4-11H,1,12,21H2,2-3H3/b19-10+. The molecule has 0 saturated carbocycles. The molecular weight excluding hydrogens is 316 g/mol. The molecule has 0 aliphatic carbocycles. The molecule has 0 unspecified atom stereocenters. The quantitative estimate of drug-likeness (QED) is 0.526. The number of fused-ring (bicyclic) bond motifs is 1. The minimum Gasteiger partial charge on any atom is -0.497 e. The number of ether oxygens (including phenoxy) is 2. The van der Waals surface area contributed by atoms with E-state index in [0.717, 1.165) is 16.9 Å². The number of methoxy groups -OCH3 is 1. The Balaban J connectivity index is 2.01. The van der Waals surface area contributed by atoms with Gasteiger partial charge in [-0.1, -0.05) is 24.3 Å². The minimum atomic E-state index is -0.212. The lowest BCUT2D eigenvalue weighted by Gasteiger charge is -2.30. The number of hydrogen-bond donors (Lipinski definition) is 1. The summed E-state index contributed by atoms with van der Waals surface area (Å²) in [7, 11) is 1.61. The Labute approximate surface area is 147 Å². The molecule has 5 nitrogen and oxygen atoms in total. The maximum Gasteiger partial charge on any atom is 0.294 e. The van der Waals surface area contributed by atoms with Crippen molar-refractivity contribution in [1.82, 2.24) is 0 Å². The monoisotopic (exact) mass is 336 g/mol. The molecule has 0 saturated heterocycles. The van der Waals surface area contributed by atoms with Crippen LogP contribution >= 0.6 is 0 Å². The van der Waals surface area contributed by atoms with Crippen LogP contribution in [0.15, 0.2) is 60.4 Å².